The Kier molecular flexibility index (Phi) is 4.58. The number of phenolic OH excluding ortho intramolecular Hbond substituents is 2. The maximum Gasteiger partial charge on any atom is 0.214 e. The van der Waals surface area contributed by atoms with Crippen molar-refractivity contribution in [2.45, 2.75) is 18.7 Å². The minimum Gasteiger partial charge on any atom is -0.507 e. The Labute approximate surface area is 179 Å². The molecule has 2 atom stereocenters. The highest BCUT2D eigenvalue weighted by atomic mass is 16.5. The van der Waals surface area contributed by atoms with Gasteiger partial charge in [-0.25, -0.2) is 5.01 Å². The van der Waals surface area contributed by atoms with E-state index in [9.17, 15) is 10.2 Å². The van der Waals surface area contributed by atoms with Crippen LogP contribution in [0, 0.1) is 0 Å². The lowest BCUT2D eigenvalue weighted by atomic mass is 9.95. The van der Waals surface area contributed by atoms with Gasteiger partial charge in [0.1, 0.15) is 5.75 Å². The molecule has 0 aliphatic carbocycles. The number of para-hydroxylation sites is 2. The second-order valence-corrected chi connectivity index (χ2v) is 7.44. The molecule has 0 fully saturated rings. The van der Waals surface area contributed by atoms with E-state index >= 15 is 0 Å². The van der Waals surface area contributed by atoms with Gasteiger partial charge in [-0.15, -0.1) is 0 Å². The lowest BCUT2D eigenvalue weighted by Gasteiger charge is -2.38. The Hall–Kier alpha value is -3.87. The Morgan fingerprint density at radius 1 is 0.935 bits per heavy atom. The summed E-state index contributed by atoms with van der Waals surface area (Å²) in [6.45, 7) is 0. The van der Waals surface area contributed by atoms with Gasteiger partial charge in [0.25, 0.3) is 0 Å². The number of hydrazone groups is 1. The Bertz CT molecular complexity index is 1180. The smallest absolute Gasteiger partial charge is 0.214 e. The van der Waals surface area contributed by atoms with Gasteiger partial charge in [0.05, 0.1) is 26.0 Å². The Morgan fingerprint density at radius 2 is 1.74 bits per heavy atom. The van der Waals surface area contributed by atoms with Crippen LogP contribution in [0.3, 0.4) is 0 Å². The molecular weight excluding hydrogens is 396 g/mol. The standard InChI is InChI=1S/C24H22N2O5/c1-29-21-9-5-7-16-18-13-17(15-6-3-4-8-19(15)27)25-26(18)24(31-23(16)21)14-10-11-20(28)22(12-14)30-2/h3-12,18,24,27-28H,13H2,1-2H3/t18-,24-/m1/s1. The van der Waals surface area contributed by atoms with Gasteiger partial charge in [0.15, 0.2) is 23.0 Å². The predicted molar refractivity (Wildman–Crippen MR) is 115 cm³/mol. The fourth-order valence-corrected chi connectivity index (χ4v) is 4.19. The van der Waals surface area contributed by atoms with Crippen molar-refractivity contribution in [1.29, 1.82) is 0 Å². The molecule has 31 heavy (non-hydrogen) atoms. The number of ether oxygens (including phenoxy) is 3. The molecule has 3 aromatic carbocycles. The summed E-state index contributed by atoms with van der Waals surface area (Å²) in [4.78, 5) is 0. The zero-order valence-corrected chi connectivity index (χ0v) is 17.1. The van der Waals surface area contributed by atoms with Crippen molar-refractivity contribution in [3.63, 3.8) is 0 Å². The third kappa shape index (κ3) is 3.09. The lowest BCUT2D eigenvalue weighted by Crippen LogP contribution is -2.33. The molecule has 0 saturated heterocycles. The summed E-state index contributed by atoms with van der Waals surface area (Å²) < 4.78 is 17.2. The average molecular weight is 418 g/mol. The summed E-state index contributed by atoms with van der Waals surface area (Å²) in [5, 5.41) is 27.1. The van der Waals surface area contributed by atoms with Crippen LogP contribution in [0.2, 0.25) is 0 Å². The number of phenols is 2. The van der Waals surface area contributed by atoms with Crippen LogP contribution in [0.15, 0.2) is 65.8 Å². The molecule has 0 radical (unpaired) electrons. The van der Waals surface area contributed by atoms with Gasteiger partial charge in [-0.05, 0) is 36.4 Å². The molecule has 2 aliphatic rings. The van der Waals surface area contributed by atoms with E-state index in [2.05, 4.69) is 0 Å². The van der Waals surface area contributed by atoms with Crippen LogP contribution in [-0.4, -0.2) is 35.2 Å². The molecule has 2 N–H and O–H groups in total. The second-order valence-electron chi connectivity index (χ2n) is 7.44. The number of fused-ring (bicyclic) bond motifs is 3. The number of nitrogens with zero attached hydrogens (tertiary/aromatic N) is 2. The topological polar surface area (TPSA) is 83.8 Å². The summed E-state index contributed by atoms with van der Waals surface area (Å²) in [6.07, 6.45) is 0.0407. The molecule has 0 unspecified atom stereocenters. The van der Waals surface area contributed by atoms with Gasteiger partial charge >= 0.3 is 0 Å². The molecule has 0 bridgehead atoms. The Morgan fingerprint density at radius 3 is 2.52 bits per heavy atom. The first-order valence-corrected chi connectivity index (χ1v) is 9.95. The third-order valence-electron chi connectivity index (χ3n) is 5.70. The maximum absolute atomic E-state index is 10.4. The molecule has 0 spiro atoms. The summed E-state index contributed by atoms with van der Waals surface area (Å²) in [7, 11) is 3.12. The number of methoxy groups -OCH3 is 2. The summed E-state index contributed by atoms with van der Waals surface area (Å²) >= 11 is 0. The van der Waals surface area contributed by atoms with E-state index in [4.69, 9.17) is 19.3 Å². The number of hydrogen-bond donors (Lipinski definition) is 2. The third-order valence-corrected chi connectivity index (χ3v) is 5.70. The summed E-state index contributed by atoms with van der Waals surface area (Å²) in [5.41, 5.74) is 3.22. The van der Waals surface area contributed by atoms with E-state index in [1.807, 2.05) is 35.3 Å². The molecule has 0 saturated carbocycles. The van der Waals surface area contributed by atoms with Gasteiger partial charge in [-0.1, -0.05) is 24.3 Å². The molecule has 158 valence electrons. The summed E-state index contributed by atoms with van der Waals surface area (Å²) in [5.74, 6) is 1.90. The van der Waals surface area contributed by atoms with Crippen LogP contribution < -0.4 is 14.2 Å². The van der Waals surface area contributed by atoms with Crippen molar-refractivity contribution in [2.75, 3.05) is 14.2 Å². The van der Waals surface area contributed by atoms with Crippen LogP contribution in [0.1, 0.15) is 35.4 Å². The Balaban J connectivity index is 1.64. The largest absolute Gasteiger partial charge is 0.507 e. The van der Waals surface area contributed by atoms with Crippen molar-refractivity contribution >= 4 is 5.71 Å². The van der Waals surface area contributed by atoms with Gasteiger partial charge < -0.3 is 24.4 Å². The van der Waals surface area contributed by atoms with Crippen LogP contribution in [0.4, 0.5) is 0 Å². The molecule has 0 amide bonds. The van der Waals surface area contributed by atoms with E-state index in [1.54, 1.807) is 37.4 Å². The maximum atomic E-state index is 10.4. The molecule has 0 aromatic heterocycles. The molecule has 3 aromatic rings. The molecular formula is C24H22N2O5. The van der Waals surface area contributed by atoms with Crippen molar-refractivity contribution in [3.05, 3.63) is 77.4 Å². The van der Waals surface area contributed by atoms with Crippen molar-refractivity contribution in [3.8, 4) is 28.7 Å². The minimum absolute atomic E-state index is 0.0522. The highest BCUT2D eigenvalue weighted by Gasteiger charge is 2.42. The normalized spacial score (nSPS) is 19.2. The number of benzene rings is 3. The highest BCUT2D eigenvalue weighted by Crippen LogP contribution is 2.51. The fourth-order valence-electron chi connectivity index (χ4n) is 4.19. The lowest BCUT2D eigenvalue weighted by molar-refractivity contribution is -0.0210. The van der Waals surface area contributed by atoms with Crippen LogP contribution in [0.25, 0.3) is 0 Å². The number of hydrogen-bond acceptors (Lipinski definition) is 7. The van der Waals surface area contributed by atoms with E-state index in [0.29, 0.717) is 29.2 Å². The van der Waals surface area contributed by atoms with Crippen LogP contribution in [0.5, 0.6) is 28.7 Å². The minimum atomic E-state index is -0.563. The van der Waals surface area contributed by atoms with E-state index < -0.39 is 6.23 Å². The zero-order chi connectivity index (χ0) is 21.5. The number of rotatable bonds is 4. The van der Waals surface area contributed by atoms with E-state index in [0.717, 1.165) is 16.8 Å². The zero-order valence-electron chi connectivity index (χ0n) is 17.1. The van der Waals surface area contributed by atoms with Gasteiger partial charge in [-0.3, -0.25) is 0 Å². The molecule has 2 aliphatic heterocycles. The monoisotopic (exact) mass is 418 g/mol. The van der Waals surface area contributed by atoms with Crippen LogP contribution >= 0.6 is 0 Å². The quantitative estimate of drug-likeness (QED) is 0.655. The van der Waals surface area contributed by atoms with Crippen molar-refractivity contribution in [2.24, 2.45) is 5.10 Å². The average Bonchev–Trinajstić information content (AvgIpc) is 3.24. The fraction of sp³-hybridized carbons (Fsp3) is 0.208. The van der Waals surface area contributed by atoms with E-state index in [-0.39, 0.29) is 17.5 Å². The first-order chi connectivity index (χ1) is 15.1. The van der Waals surface area contributed by atoms with Crippen molar-refractivity contribution < 1.29 is 24.4 Å². The summed E-state index contributed by atoms with van der Waals surface area (Å²) in [6, 6.07) is 18.0. The highest BCUT2D eigenvalue weighted by molar-refractivity contribution is 6.04. The molecule has 2 heterocycles. The predicted octanol–water partition coefficient (Wildman–Crippen LogP) is 4.36. The first-order valence-electron chi connectivity index (χ1n) is 9.95. The SMILES string of the molecule is COc1cc([C@H]2Oc3c(OC)cccc3[C@H]3CC(c4ccccc4O)=NN32)ccc1O. The van der Waals surface area contributed by atoms with E-state index in [1.165, 1.54) is 7.11 Å². The van der Waals surface area contributed by atoms with Crippen LogP contribution in [-0.2, 0) is 0 Å². The molecule has 7 nitrogen and oxygen atoms in total. The van der Waals surface area contributed by atoms with Gasteiger partial charge in [0.2, 0.25) is 6.23 Å². The van der Waals surface area contributed by atoms with Gasteiger partial charge in [-0.2, -0.15) is 5.10 Å². The molecule has 5 rings (SSSR count). The number of aromatic hydroxyl groups is 2. The molecule has 7 heteroatoms. The second kappa shape index (κ2) is 7.43. The van der Waals surface area contributed by atoms with Gasteiger partial charge in [0, 0.05) is 23.1 Å². The first kappa shape index (κ1) is 19.1. The van der Waals surface area contributed by atoms with Crippen molar-refractivity contribution in [1.82, 2.24) is 5.01 Å².